The van der Waals surface area contributed by atoms with Crippen molar-refractivity contribution in [1.82, 2.24) is 29.8 Å². The van der Waals surface area contributed by atoms with Gasteiger partial charge in [-0.1, -0.05) is 0 Å². The van der Waals surface area contributed by atoms with E-state index in [-0.39, 0.29) is 17.3 Å². The van der Waals surface area contributed by atoms with Gasteiger partial charge < -0.3 is 10.4 Å². The Balaban J connectivity index is 1.86. The lowest BCUT2D eigenvalue weighted by atomic mass is 10.4. The third-order valence-corrected chi connectivity index (χ3v) is 2.68. The van der Waals surface area contributed by atoms with Crippen LogP contribution in [0.2, 0.25) is 0 Å². The van der Waals surface area contributed by atoms with Crippen molar-refractivity contribution in [2.45, 2.75) is 6.92 Å². The number of aryl methyl sites for hydroxylation is 1. The lowest BCUT2D eigenvalue weighted by Crippen LogP contribution is -2.14. The molecule has 3 aromatic rings. The number of aromatic carboxylic acids is 1. The molecular weight excluding hydrogens is 278 g/mol. The molecule has 21 heavy (non-hydrogen) atoms. The minimum atomic E-state index is -1.17. The number of carboxylic acids is 1. The summed E-state index contributed by atoms with van der Waals surface area (Å²) in [7, 11) is 0. The number of fused-ring (bicyclic) bond motifs is 1. The molecule has 10 heteroatoms. The summed E-state index contributed by atoms with van der Waals surface area (Å²) in [4.78, 5) is 30.7. The van der Waals surface area contributed by atoms with Crippen molar-refractivity contribution in [2.75, 3.05) is 5.32 Å². The summed E-state index contributed by atoms with van der Waals surface area (Å²) in [6.07, 6.45) is 1.56. The Morgan fingerprint density at radius 2 is 2.24 bits per heavy atom. The van der Waals surface area contributed by atoms with Crippen LogP contribution < -0.4 is 5.32 Å². The fraction of sp³-hybridized carbons (Fsp3) is 0.0909. The third kappa shape index (κ3) is 2.29. The molecule has 10 nitrogen and oxygen atoms in total. The summed E-state index contributed by atoms with van der Waals surface area (Å²) in [6, 6.07) is 2.93. The first-order valence-electron chi connectivity index (χ1n) is 5.83. The number of nitrogens with one attached hydrogen (secondary N) is 2. The largest absolute Gasteiger partial charge is 0.477 e. The van der Waals surface area contributed by atoms with Crippen LogP contribution in [0.5, 0.6) is 0 Å². The van der Waals surface area contributed by atoms with Gasteiger partial charge in [-0.05, 0) is 13.0 Å². The predicted molar refractivity (Wildman–Crippen MR) is 69.0 cm³/mol. The molecule has 0 aromatic carbocycles. The number of aromatic nitrogens is 6. The number of carboxylic acid groups (broad SMARTS) is 1. The normalized spacial score (nSPS) is 10.7. The molecule has 0 unspecified atom stereocenters. The van der Waals surface area contributed by atoms with E-state index >= 15 is 0 Å². The zero-order valence-electron chi connectivity index (χ0n) is 10.7. The van der Waals surface area contributed by atoms with Crippen LogP contribution in [-0.4, -0.2) is 46.8 Å². The van der Waals surface area contributed by atoms with Gasteiger partial charge in [0.1, 0.15) is 5.69 Å². The van der Waals surface area contributed by atoms with Crippen molar-refractivity contribution in [3.63, 3.8) is 0 Å². The minimum absolute atomic E-state index is 0.0703. The van der Waals surface area contributed by atoms with Crippen molar-refractivity contribution >= 4 is 23.5 Å². The smallest absolute Gasteiger partial charge is 0.353 e. The highest BCUT2D eigenvalue weighted by Gasteiger charge is 2.16. The number of anilines is 1. The fourth-order valence-corrected chi connectivity index (χ4v) is 1.67. The molecule has 1 amide bonds. The number of nitrogens with zero attached hydrogens (tertiary/aromatic N) is 5. The van der Waals surface area contributed by atoms with Crippen LogP contribution in [0.1, 0.15) is 26.8 Å². The predicted octanol–water partition coefficient (Wildman–Crippen LogP) is 0.106. The van der Waals surface area contributed by atoms with E-state index in [2.05, 4.69) is 30.6 Å². The maximum atomic E-state index is 12.0. The molecule has 0 fully saturated rings. The maximum Gasteiger partial charge on any atom is 0.353 e. The Labute approximate surface area is 116 Å². The molecule has 0 radical (unpaired) electrons. The number of hydrogen-bond donors (Lipinski definition) is 3. The van der Waals surface area contributed by atoms with E-state index in [0.29, 0.717) is 5.78 Å². The van der Waals surface area contributed by atoms with E-state index in [1.54, 1.807) is 19.2 Å². The second-order valence-electron chi connectivity index (χ2n) is 4.16. The molecule has 0 bridgehead atoms. The standard InChI is InChI=1S/C11H9N7O3/c1-5-2-3-12-11-14-8(17-18(5)11)9(19)13-7-4-6(10(20)21)15-16-7/h2-4H,1H3,(H,20,21)(H2,13,15,16,19). The quantitative estimate of drug-likeness (QED) is 0.621. The van der Waals surface area contributed by atoms with Gasteiger partial charge in [0, 0.05) is 18.0 Å². The second-order valence-corrected chi connectivity index (χ2v) is 4.16. The Hall–Kier alpha value is -3.30. The van der Waals surface area contributed by atoms with E-state index < -0.39 is 11.9 Å². The van der Waals surface area contributed by atoms with E-state index in [1.807, 2.05) is 0 Å². The van der Waals surface area contributed by atoms with Crippen molar-refractivity contribution in [3.05, 3.63) is 35.5 Å². The maximum absolute atomic E-state index is 12.0. The molecule has 3 N–H and O–H groups in total. The number of rotatable bonds is 3. The topological polar surface area (TPSA) is 138 Å². The number of aromatic amines is 1. The van der Waals surface area contributed by atoms with Crippen LogP contribution in [0.3, 0.4) is 0 Å². The molecule has 3 aromatic heterocycles. The lowest BCUT2D eigenvalue weighted by molar-refractivity contribution is 0.0690. The van der Waals surface area contributed by atoms with Gasteiger partial charge >= 0.3 is 5.97 Å². The van der Waals surface area contributed by atoms with Crippen molar-refractivity contribution in [1.29, 1.82) is 0 Å². The Morgan fingerprint density at radius 1 is 1.43 bits per heavy atom. The van der Waals surface area contributed by atoms with E-state index in [1.165, 1.54) is 10.6 Å². The van der Waals surface area contributed by atoms with E-state index in [4.69, 9.17) is 5.11 Å². The number of amides is 1. The zero-order chi connectivity index (χ0) is 15.0. The molecule has 3 heterocycles. The first-order chi connectivity index (χ1) is 10.0. The van der Waals surface area contributed by atoms with Gasteiger partial charge in [-0.2, -0.15) is 10.1 Å². The summed E-state index contributed by atoms with van der Waals surface area (Å²) >= 11 is 0. The van der Waals surface area contributed by atoms with Gasteiger partial charge in [0.15, 0.2) is 5.82 Å². The number of H-pyrrole nitrogens is 1. The molecule has 0 aliphatic heterocycles. The summed E-state index contributed by atoms with van der Waals surface area (Å²) in [6.45, 7) is 1.80. The van der Waals surface area contributed by atoms with Crippen LogP contribution in [0.25, 0.3) is 5.78 Å². The molecule has 106 valence electrons. The van der Waals surface area contributed by atoms with E-state index in [0.717, 1.165) is 5.69 Å². The highest BCUT2D eigenvalue weighted by molar-refractivity contribution is 6.01. The van der Waals surface area contributed by atoms with Gasteiger partial charge in [0.2, 0.25) is 5.82 Å². The Kier molecular flexibility index (Phi) is 2.83. The molecule has 0 aliphatic carbocycles. The Morgan fingerprint density at radius 3 is 2.90 bits per heavy atom. The summed E-state index contributed by atoms with van der Waals surface area (Å²) in [5.41, 5.74) is 0.644. The monoisotopic (exact) mass is 287 g/mol. The van der Waals surface area contributed by atoms with Gasteiger partial charge in [0.25, 0.3) is 11.7 Å². The van der Waals surface area contributed by atoms with Crippen LogP contribution in [0.15, 0.2) is 18.3 Å². The Bertz CT molecular complexity index is 850. The van der Waals surface area contributed by atoms with Crippen LogP contribution in [0.4, 0.5) is 5.82 Å². The molecule has 0 spiro atoms. The van der Waals surface area contributed by atoms with Crippen LogP contribution >= 0.6 is 0 Å². The van der Waals surface area contributed by atoms with Gasteiger partial charge in [0.05, 0.1) is 0 Å². The summed E-state index contributed by atoms with van der Waals surface area (Å²) in [5.74, 6) is -1.50. The van der Waals surface area contributed by atoms with Crippen molar-refractivity contribution < 1.29 is 14.7 Å². The number of carbonyl (C=O) groups excluding carboxylic acids is 1. The molecule has 3 rings (SSSR count). The van der Waals surface area contributed by atoms with E-state index in [9.17, 15) is 9.59 Å². The number of carbonyl (C=O) groups is 2. The molecule has 0 atom stereocenters. The molecule has 0 saturated heterocycles. The van der Waals surface area contributed by atoms with Crippen LogP contribution in [-0.2, 0) is 0 Å². The number of hydrogen-bond acceptors (Lipinski definition) is 6. The molecule has 0 saturated carbocycles. The highest BCUT2D eigenvalue weighted by atomic mass is 16.4. The second kappa shape index (κ2) is 4.67. The summed E-state index contributed by atoms with van der Waals surface area (Å²) in [5, 5.41) is 21.1. The first kappa shape index (κ1) is 12.7. The molecular formula is C11H9N7O3. The van der Waals surface area contributed by atoms with Crippen molar-refractivity contribution in [2.24, 2.45) is 0 Å². The first-order valence-corrected chi connectivity index (χ1v) is 5.83. The average Bonchev–Trinajstić information content (AvgIpc) is 3.05. The van der Waals surface area contributed by atoms with Gasteiger partial charge in [-0.25, -0.2) is 14.3 Å². The fourth-order valence-electron chi connectivity index (χ4n) is 1.67. The van der Waals surface area contributed by atoms with Gasteiger partial charge in [-0.15, -0.1) is 5.10 Å². The lowest BCUT2D eigenvalue weighted by Gasteiger charge is -1.95. The zero-order valence-corrected chi connectivity index (χ0v) is 10.7. The van der Waals surface area contributed by atoms with Gasteiger partial charge in [-0.3, -0.25) is 9.89 Å². The highest BCUT2D eigenvalue weighted by Crippen LogP contribution is 2.08. The molecule has 0 aliphatic rings. The summed E-state index contributed by atoms with van der Waals surface area (Å²) < 4.78 is 1.43. The minimum Gasteiger partial charge on any atom is -0.477 e. The third-order valence-electron chi connectivity index (χ3n) is 2.68. The average molecular weight is 287 g/mol. The van der Waals surface area contributed by atoms with Crippen LogP contribution in [0, 0.1) is 6.92 Å². The SMILES string of the molecule is Cc1ccnc2nc(C(=O)Nc3cc(C(=O)O)[nH]n3)nn12. The van der Waals surface area contributed by atoms with Crippen molar-refractivity contribution in [3.8, 4) is 0 Å².